The minimum absolute atomic E-state index is 0.0484. The van der Waals surface area contributed by atoms with E-state index in [0.29, 0.717) is 17.3 Å². The second kappa shape index (κ2) is 3.89. The first-order valence-electron chi connectivity index (χ1n) is 7.23. The van der Waals surface area contributed by atoms with Crippen molar-refractivity contribution in [3.63, 3.8) is 0 Å². The number of hydrogen-bond donors (Lipinski definition) is 0. The molecular weight excluding hydrogens is 246 g/mol. The normalized spacial score (nSPS) is 46.8. The van der Waals surface area contributed by atoms with Gasteiger partial charge in [0.2, 0.25) is 0 Å². The molecule has 102 valence electrons. The van der Waals surface area contributed by atoms with E-state index < -0.39 is 0 Å². The summed E-state index contributed by atoms with van der Waals surface area (Å²) in [6.07, 6.45) is 2.67. The number of alkyl halides is 1. The van der Waals surface area contributed by atoms with Gasteiger partial charge in [0.1, 0.15) is 0 Å². The van der Waals surface area contributed by atoms with Gasteiger partial charge in [0.15, 0.2) is 0 Å². The van der Waals surface area contributed by atoms with E-state index in [9.17, 15) is 0 Å². The van der Waals surface area contributed by atoms with Gasteiger partial charge in [0.05, 0.1) is 17.0 Å². The zero-order valence-corrected chi connectivity index (χ0v) is 12.8. The Hall–Kier alpha value is 0.275. The molecule has 0 aromatic heterocycles. The Balaban J connectivity index is 1.80. The van der Waals surface area contributed by atoms with E-state index in [1.807, 2.05) is 0 Å². The fourth-order valence-electron chi connectivity index (χ4n) is 4.19. The fourth-order valence-corrected chi connectivity index (χ4v) is 4.30. The van der Waals surface area contributed by atoms with E-state index in [2.05, 4.69) is 34.6 Å². The third kappa shape index (κ3) is 1.63. The van der Waals surface area contributed by atoms with Crippen LogP contribution in [0, 0.1) is 23.2 Å². The van der Waals surface area contributed by atoms with Crippen LogP contribution in [-0.4, -0.2) is 24.1 Å². The van der Waals surface area contributed by atoms with Crippen LogP contribution in [0.3, 0.4) is 0 Å². The monoisotopic (exact) mass is 270 g/mol. The molecule has 3 saturated carbocycles. The lowest BCUT2D eigenvalue weighted by molar-refractivity contribution is -0.185. The van der Waals surface area contributed by atoms with Gasteiger partial charge in [-0.25, -0.2) is 0 Å². The number of rotatable bonds is 2. The van der Waals surface area contributed by atoms with Gasteiger partial charge < -0.3 is 9.31 Å². The van der Waals surface area contributed by atoms with Gasteiger partial charge in [-0.15, -0.1) is 11.6 Å². The van der Waals surface area contributed by atoms with Gasteiger partial charge >= 0.3 is 7.12 Å². The topological polar surface area (TPSA) is 18.5 Å². The smallest absolute Gasteiger partial charge is 0.404 e. The van der Waals surface area contributed by atoms with Crippen molar-refractivity contribution in [2.75, 3.05) is 0 Å². The Kier molecular flexibility index (Phi) is 2.87. The molecule has 2 unspecified atom stereocenters. The quantitative estimate of drug-likeness (QED) is 0.565. The molecule has 4 aliphatic rings. The Morgan fingerprint density at radius 1 is 1.28 bits per heavy atom. The molecule has 3 aliphatic carbocycles. The maximum Gasteiger partial charge on any atom is 0.477 e. The summed E-state index contributed by atoms with van der Waals surface area (Å²) >= 11 is 6.43. The van der Waals surface area contributed by atoms with Gasteiger partial charge in [0, 0.05) is 0 Å². The van der Waals surface area contributed by atoms with Crippen LogP contribution in [0.25, 0.3) is 0 Å². The number of hydrogen-bond acceptors (Lipinski definition) is 2. The molecule has 0 aromatic rings. The van der Waals surface area contributed by atoms with Gasteiger partial charge in [-0.2, -0.15) is 0 Å². The third-order valence-corrected chi connectivity index (χ3v) is 6.44. The highest BCUT2D eigenvalue weighted by molar-refractivity contribution is 6.60. The van der Waals surface area contributed by atoms with Gasteiger partial charge in [-0.3, -0.25) is 0 Å². The molecule has 1 heterocycles. The van der Waals surface area contributed by atoms with Crippen molar-refractivity contribution in [3.8, 4) is 0 Å². The van der Waals surface area contributed by atoms with Crippen LogP contribution in [0.1, 0.15) is 47.5 Å². The van der Waals surface area contributed by atoms with E-state index in [1.54, 1.807) is 0 Å². The van der Waals surface area contributed by atoms with E-state index in [0.717, 1.165) is 12.3 Å². The standard InChI is InChI=1S/C14H24BClO2/c1-8(2)12(16)15-17-11-10-6-9(13(10,3)4)7-14(11,5)18-15/h8-12H,6-7H2,1-5H3/t9?,10?,11-,12+,14+/m0/s1. The highest BCUT2D eigenvalue weighted by Crippen LogP contribution is 2.64. The molecular formula is C14H24BClO2. The molecule has 0 amide bonds. The molecule has 5 atom stereocenters. The Bertz CT molecular complexity index is 360. The predicted molar refractivity (Wildman–Crippen MR) is 74.6 cm³/mol. The van der Waals surface area contributed by atoms with Crippen LogP contribution in [-0.2, 0) is 9.31 Å². The maximum absolute atomic E-state index is 6.43. The summed E-state index contributed by atoms with van der Waals surface area (Å²) in [6, 6.07) is 0. The van der Waals surface area contributed by atoms with Crippen LogP contribution in [0.4, 0.5) is 0 Å². The lowest BCUT2D eigenvalue weighted by atomic mass is 9.45. The molecule has 4 fully saturated rings. The first-order chi connectivity index (χ1) is 8.25. The summed E-state index contributed by atoms with van der Waals surface area (Å²) in [5, 5.41) is -0.0484. The molecule has 1 saturated heterocycles. The molecule has 0 N–H and O–H groups in total. The van der Waals surface area contributed by atoms with Crippen molar-refractivity contribution < 1.29 is 9.31 Å². The van der Waals surface area contributed by atoms with Crippen LogP contribution in [0.2, 0.25) is 0 Å². The van der Waals surface area contributed by atoms with E-state index >= 15 is 0 Å². The molecule has 18 heavy (non-hydrogen) atoms. The SMILES string of the molecule is CC(C)[C@@H](Cl)B1O[C@H]2C3CC(C[C@@]2(C)O1)C3(C)C. The lowest BCUT2D eigenvalue weighted by Crippen LogP contribution is -2.63. The van der Waals surface area contributed by atoms with Gasteiger partial charge in [0.25, 0.3) is 0 Å². The van der Waals surface area contributed by atoms with Crippen LogP contribution < -0.4 is 0 Å². The second-order valence-corrected chi connectivity index (χ2v) is 8.11. The molecule has 4 heteroatoms. The van der Waals surface area contributed by atoms with E-state index in [1.165, 1.54) is 6.42 Å². The fraction of sp³-hybridized carbons (Fsp3) is 1.00. The van der Waals surface area contributed by atoms with E-state index in [4.69, 9.17) is 20.9 Å². The lowest BCUT2D eigenvalue weighted by Gasteiger charge is -2.63. The van der Waals surface area contributed by atoms with Crippen molar-refractivity contribution in [1.82, 2.24) is 0 Å². The molecule has 4 rings (SSSR count). The van der Waals surface area contributed by atoms with Gasteiger partial charge in [-0.1, -0.05) is 27.7 Å². The average Bonchev–Trinajstić information content (AvgIpc) is 2.64. The second-order valence-electron chi connectivity index (χ2n) is 7.61. The van der Waals surface area contributed by atoms with Crippen molar-refractivity contribution in [1.29, 1.82) is 0 Å². The minimum Gasteiger partial charge on any atom is -0.404 e. The summed E-state index contributed by atoms with van der Waals surface area (Å²) in [5.74, 6) is 1.81. The van der Waals surface area contributed by atoms with Crippen LogP contribution in [0.15, 0.2) is 0 Å². The zero-order valence-electron chi connectivity index (χ0n) is 12.1. The van der Waals surface area contributed by atoms with Crippen LogP contribution >= 0.6 is 11.6 Å². The molecule has 0 radical (unpaired) electrons. The Morgan fingerprint density at radius 3 is 2.50 bits per heavy atom. The first kappa shape index (κ1) is 13.3. The highest BCUT2D eigenvalue weighted by atomic mass is 35.5. The minimum atomic E-state index is -0.225. The Morgan fingerprint density at radius 2 is 1.94 bits per heavy atom. The summed E-state index contributed by atoms with van der Waals surface area (Å²) in [6.45, 7) is 11.2. The van der Waals surface area contributed by atoms with Crippen molar-refractivity contribution in [2.45, 2.75) is 64.4 Å². The summed E-state index contributed by atoms with van der Waals surface area (Å²) < 4.78 is 12.4. The third-order valence-electron chi connectivity index (χ3n) is 5.73. The van der Waals surface area contributed by atoms with Crippen molar-refractivity contribution >= 4 is 18.7 Å². The summed E-state index contributed by atoms with van der Waals surface area (Å²) in [7, 11) is -0.225. The molecule has 2 nitrogen and oxygen atoms in total. The molecule has 0 spiro atoms. The molecule has 0 aromatic carbocycles. The molecule has 1 aliphatic heterocycles. The largest absolute Gasteiger partial charge is 0.477 e. The van der Waals surface area contributed by atoms with Crippen LogP contribution in [0.5, 0.6) is 0 Å². The van der Waals surface area contributed by atoms with E-state index in [-0.39, 0.29) is 24.1 Å². The van der Waals surface area contributed by atoms with Crippen molar-refractivity contribution in [3.05, 3.63) is 0 Å². The predicted octanol–water partition coefficient (Wildman–Crippen LogP) is 3.52. The molecule has 2 bridgehead atoms. The van der Waals surface area contributed by atoms with Gasteiger partial charge in [-0.05, 0) is 42.9 Å². The zero-order chi connectivity index (χ0) is 13.3. The van der Waals surface area contributed by atoms with Crippen molar-refractivity contribution in [2.24, 2.45) is 23.2 Å². The summed E-state index contributed by atoms with van der Waals surface area (Å²) in [5.41, 5.74) is 0.317. The first-order valence-corrected chi connectivity index (χ1v) is 7.66. The number of halogens is 1. The average molecular weight is 271 g/mol. The summed E-state index contributed by atoms with van der Waals surface area (Å²) in [4.78, 5) is 0. The highest BCUT2D eigenvalue weighted by Gasteiger charge is 2.67. The Labute approximate surface area is 116 Å². The maximum atomic E-state index is 6.43.